The summed E-state index contributed by atoms with van der Waals surface area (Å²) in [6.45, 7) is 2.38. The average molecular weight is 250 g/mol. The summed E-state index contributed by atoms with van der Waals surface area (Å²) in [5.41, 5.74) is 5.68. The average Bonchev–Trinajstić information content (AvgIpc) is 2.66. The molecule has 0 radical (unpaired) electrons. The van der Waals surface area contributed by atoms with Crippen LogP contribution < -0.4 is 10.2 Å². The molecule has 4 rings (SSSR count). The summed E-state index contributed by atoms with van der Waals surface area (Å²) in [6, 6.07) is 17.5. The molecular formula is C17H18N2. The predicted octanol–water partition coefficient (Wildman–Crippen LogP) is 3.39. The summed E-state index contributed by atoms with van der Waals surface area (Å²) >= 11 is 0. The van der Waals surface area contributed by atoms with Gasteiger partial charge in [-0.3, -0.25) is 0 Å². The van der Waals surface area contributed by atoms with Crippen LogP contribution in [0.4, 0.5) is 11.4 Å². The number of hydrogen-bond acceptors (Lipinski definition) is 2. The minimum absolute atomic E-state index is 0.152. The molecule has 2 unspecified atom stereocenters. The zero-order valence-electron chi connectivity index (χ0n) is 11.4. The fraction of sp³-hybridized carbons (Fsp3) is 0.294. The highest BCUT2D eigenvalue weighted by Crippen LogP contribution is 2.49. The Morgan fingerprint density at radius 1 is 1.11 bits per heavy atom. The van der Waals surface area contributed by atoms with Crippen LogP contribution in [0, 0.1) is 0 Å². The van der Waals surface area contributed by atoms with Crippen molar-refractivity contribution in [3.63, 3.8) is 0 Å². The van der Waals surface area contributed by atoms with Gasteiger partial charge in [0.2, 0.25) is 0 Å². The van der Waals surface area contributed by atoms with E-state index in [1.54, 1.807) is 0 Å². The number of para-hydroxylation sites is 2. The lowest BCUT2D eigenvalue weighted by molar-refractivity contribution is 0.405. The van der Waals surface area contributed by atoms with E-state index in [9.17, 15) is 0 Å². The number of nitrogens with zero attached hydrogens (tertiary/aromatic N) is 1. The van der Waals surface area contributed by atoms with Crippen molar-refractivity contribution in [3.8, 4) is 0 Å². The van der Waals surface area contributed by atoms with Crippen molar-refractivity contribution in [1.82, 2.24) is 0 Å². The summed E-state index contributed by atoms with van der Waals surface area (Å²) in [5.74, 6) is 0. The van der Waals surface area contributed by atoms with Gasteiger partial charge in [-0.25, -0.2) is 0 Å². The Morgan fingerprint density at radius 3 is 2.74 bits per heavy atom. The molecule has 0 bridgehead atoms. The van der Waals surface area contributed by atoms with E-state index in [2.05, 4.69) is 72.7 Å². The number of fused-ring (bicyclic) bond motifs is 4. The van der Waals surface area contributed by atoms with E-state index < -0.39 is 0 Å². The number of benzene rings is 2. The largest absolute Gasteiger partial charge is 0.364 e. The summed E-state index contributed by atoms with van der Waals surface area (Å²) in [7, 11) is 2.19. The first-order chi connectivity index (χ1) is 9.20. The van der Waals surface area contributed by atoms with Gasteiger partial charge in [-0.15, -0.1) is 0 Å². The van der Waals surface area contributed by atoms with Gasteiger partial charge >= 0.3 is 0 Å². The molecule has 0 amide bonds. The quantitative estimate of drug-likeness (QED) is 0.771. The van der Waals surface area contributed by atoms with Crippen molar-refractivity contribution in [2.24, 2.45) is 0 Å². The molecule has 2 atom stereocenters. The molecular weight excluding hydrogens is 232 g/mol. The smallest absolute Gasteiger partial charge is 0.109 e. The van der Waals surface area contributed by atoms with Crippen molar-refractivity contribution in [2.75, 3.05) is 17.3 Å². The third kappa shape index (κ3) is 1.31. The maximum Gasteiger partial charge on any atom is 0.109 e. The highest BCUT2D eigenvalue weighted by Gasteiger charge is 2.48. The minimum Gasteiger partial charge on any atom is -0.364 e. The molecule has 0 aliphatic carbocycles. The summed E-state index contributed by atoms with van der Waals surface area (Å²) in [4.78, 5) is 2.38. The van der Waals surface area contributed by atoms with E-state index in [1.165, 1.54) is 22.5 Å². The molecule has 2 aromatic carbocycles. The third-order valence-electron chi connectivity index (χ3n) is 4.76. The lowest BCUT2D eigenvalue weighted by atomic mass is 9.74. The van der Waals surface area contributed by atoms with Gasteiger partial charge in [-0.1, -0.05) is 43.3 Å². The lowest BCUT2D eigenvalue weighted by Crippen LogP contribution is -2.50. The van der Waals surface area contributed by atoms with E-state index in [-0.39, 0.29) is 5.41 Å². The molecule has 0 fully saturated rings. The number of anilines is 2. The molecule has 0 saturated carbocycles. The highest BCUT2D eigenvalue weighted by molar-refractivity contribution is 5.70. The summed E-state index contributed by atoms with van der Waals surface area (Å²) < 4.78 is 0. The molecule has 2 nitrogen and oxygen atoms in total. The van der Waals surface area contributed by atoms with E-state index >= 15 is 0 Å². The zero-order valence-corrected chi connectivity index (χ0v) is 11.4. The molecule has 2 aliphatic heterocycles. The van der Waals surface area contributed by atoms with Crippen LogP contribution in [0.2, 0.25) is 0 Å². The second kappa shape index (κ2) is 3.53. The lowest BCUT2D eigenvalue weighted by Gasteiger charge is -2.41. The zero-order chi connectivity index (χ0) is 13.0. The van der Waals surface area contributed by atoms with Crippen LogP contribution in [0.5, 0.6) is 0 Å². The molecule has 2 aliphatic rings. The van der Waals surface area contributed by atoms with Crippen LogP contribution in [0.15, 0.2) is 48.5 Å². The predicted molar refractivity (Wildman–Crippen MR) is 79.8 cm³/mol. The molecule has 2 heterocycles. The topological polar surface area (TPSA) is 15.3 Å². The number of rotatable bonds is 0. The Morgan fingerprint density at radius 2 is 1.84 bits per heavy atom. The molecule has 0 aromatic heterocycles. The van der Waals surface area contributed by atoms with Crippen molar-refractivity contribution >= 4 is 11.4 Å². The van der Waals surface area contributed by atoms with Gasteiger partial charge in [-0.2, -0.15) is 0 Å². The van der Waals surface area contributed by atoms with Gasteiger partial charge in [0.25, 0.3) is 0 Å². The summed E-state index contributed by atoms with van der Waals surface area (Å²) in [6.07, 6.45) is 1.45. The van der Waals surface area contributed by atoms with E-state index in [4.69, 9.17) is 0 Å². The van der Waals surface area contributed by atoms with Crippen LogP contribution in [0.3, 0.4) is 0 Å². The molecule has 2 heteroatoms. The molecule has 1 N–H and O–H groups in total. The first-order valence-electron chi connectivity index (χ1n) is 6.87. The van der Waals surface area contributed by atoms with Crippen LogP contribution >= 0.6 is 0 Å². The van der Waals surface area contributed by atoms with Gasteiger partial charge in [0.1, 0.15) is 6.17 Å². The van der Waals surface area contributed by atoms with Crippen LogP contribution in [0.1, 0.15) is 18.1 Å². The monoisotopic (exact) mass is 250 g/mol. The summed E-state index contributed by atoms with van der Waals surface area (Å²) in [5, 5.41) is 3.72. The van der Waals surface area contributed by atoms with Crippen molar-refractivity contribution in [1.29, 1.82) is 0 Å². The van der Waals surface area contributed by atoms with E-state index in [0.29, 0.717) is 6.17 Å². The fourth-order valence-electron chi connectivity index (χ4n) is 3.78. The minimum atomic E-state index is 0.152. The second-order valence-electron chi connectivity index (χ2n) is 5.93. The Balaban J connectivity index is 1.90. The Bertz CT molecular complexity index is 649. The number of hydrogen-bond donors (Lipinski definition) is 1. The Labute approximate surface area is 114 Å². The van der Waals surface area contributed by atoms with Crippen LogP contribution in [0.25, 0.3) is 0 Å². The van der Waals surface area contributed by atoms with E-state index in [0.717, 1.165) is 6.42 Å². The number of nitrogens with one attached hydrogen (secondary N) is 1. The van der Waals surface area contributed by atoms with Gasteiger partial charge in [0.15, 0.2) is 0 Å². The fourth-order valence-corrected chi connectivity index (χ4v) is 3.78. The Kier molecular flexibility index (Phi) is 2.03. The standard InChI is InChI=1S/C17H18N2/c1-17-11-12-7-3-5-9-14(12)18-16(17)19(2)15-10-6-4-8-13(15)17/h3-10,16,18H,11H2,1-2H3. The van der Waals surface area contributed by atoms with Gasteiger partial charge < -0.3 is 10.2 Å². The van der Waals surface area contributed by atoms with E-state index in [1.807, 2.05) is 0 Å². The number of likely N-dealkylation sites (N-methyl/N-ethyl adjacent to an activating group) is 1. The molecule has 19 heavy (non-hydrogen) atoms. The second-order valence-corrected chi connectivity index (χ2v) is 5.93. The third-order valence-corrected chi connectivity index (χ3v) is 4.76. The van der Waals surface area contributed by atoms with Crippen molar-refractivity contribution in [3.05, 3.63) is 59.7 Å². The Hall–Kier alpha value is -1.96. The van der Waals surface area contributed by atoms with Gasteiger partial charge in [0, 0.05) is 23.8 Å². The van der Waals surface area contributed by atoms with Crippen molar-refractivity contribution < 1.29 is 0 Å². The first-order valence-corrected chi connectivity index (χ1v) is 6.87. The maximum absolute atomic E-state index is 3.72. The normalized spacial score (nSPS) is 27.3. The molecule has 0 spiro atoms. The van der Waals surface area contributed by atoms with Crippen LogP contribution in [-0.2, 0) is 11.8 Å². The molecule has 0 saturated heterocycles. The van der Waals surface area contributed by atoms with Gasteiger partial charge in [-0.05, 0) is 29.7 Å². The maximum atomic E-state index is 3.72. The SMILES string of the molecule is CN1c2ccccc2C2(C)Cc3ccccc3NC12. The molecule has 96 valence electrons. The van der Waals surface area contributed by atoms with Crippen molar-refractivity contribution in [2.45, 2.75) is 24.9 Å². The highest BCUT2D eigenvalue weighted by atomic mass is 15.3. The van der Waals surface area contributed by atoms with Crippen LogP contribution in [-0.4, -0.2) is 13.2 Å². The molecule has 2 aromatic rings. The van der Waals surface area contributed by atoms with Gasteiger partial charge in [0.05, 0.1) is 0 Å². The first kappa shape index (κ1) is 10.9.